The van der Waals surface area contributed by atoms with E-state index in [1.165, 1.54) is 0 Å². The van der Waals surface area contributed by atoms with E-state index in [4.69, 9.17) is 4.74 Å². The zero-order valence-corrected chi connectivity index (χ0v) is 8.62. The summed E-state index contributed by atoms with van der Waals surface area (Å²) in [5.41, 5.74) is 0. The van der Waals surface area contributed by atoms with Crippen molar-refractivity contribution in [2.75, 3.05) is 6.61 Å². The Morgan fingerprint density at radius 2 is 2.23 bits per heavy atom. The van der Waals surface area contributed by atoms with E-state index in [-0.39, 0.29) is 12.3 Å². The second-order valence-corrected chi connectivity index (χ2v) is 3.91. The molecule has 3 atom stereocenters. The van der Waals surface area contributed by atoms with E-state index in [2.05, 4.69) is 19.2 Å². The highest BCUT2D eigenvalue weighted by atomic mass is 16.5. The minimum atomic E-state index is -0.192. The van der Waals surface area contributed by atoms with E-state index in [9.17, 15) is 5.11 Å². The summed E-state index contributed by atoms with van der Waals surface area (Å²) >= 11 is 0. The fraction of sp³-hybridized carbons (Fsp3) is 1.00. The minimum Gasteiger partial charge on any atom is -0.393 e. The molecule has 78 valence electrons. The molecule has 13 heavy (non-hydrogen) atoms. The number of aliphatic hydroxyl groups is 1. The Labute approximate surface area is 80.5 Å². The summed E-state index contributed by atoms with van der Waals surface area (Å²) in [6.07, 6.45) is 3.70. The van der Waals surface area contributed by atoms with E-state index in [0.717, 1.165) is 32.3 Å². The molecule has 3 unspecified atom stereocenters. The van der Waals surface area contributed by atoms with Crippen LogP contribution >= 0.6 is 0 Å². The molecule has 0 amide bonds. The third kappa shape index (κ3) is 4.07. The predicted molar refractivity (Wildman–Crippen MR) is 52.5 cm³/mol. The van der Waals surface area contributed by atoms with Gasteiger partial charge in [-0.15, -0.1) is 0 Å². The summed E-state index contributed by atoms with van der Waals surface area (Å²) in [4.78, 5) is 0. The molecule has 0 aromatic carbocycles. The third-order valence-electron chi connectivity index (χ3n) is 2.40. The molecule has 1 fully saturated rings. The molecule has 3 nitrogen and oxygen atoms in total. The largest absolute Gasteiger partial charge is 0.393 e. The first-order chi connectivity index (χ1) is 6.22. The maximum atomic E-state index is 9.49. The molecule has 0 saturated carbocycles. The maximum Gasteiger partial charge on any atom is 0.110 e. The van der Waals surface area contributed by atoms with Gasteiger partial charge in [-0.25, -0.2) is 0 Å². The Bertz CT molecular complexity index is 131. The molecule has 0 aromatic heterocycles. The monoisotopic (exact) mass is 187 g/mol. The Balaban J connectivity index is 2.17. The van der Waals surface area contributed by atoms with Crippen LogP contribution in [0, 0.1) is 0 Å². The van der Waals surface area contributed by atoms with Gasteiger partial charge in [0.25, 0.3) is 0 Å². The number of piperidine rings is 1. The topological polar surface area (TPSA) is 41.5 Å². The fourth-order valence-corrected chi connectivity index (χ4v) is 1.69. The van der Waals surface area contributed by atoms with Gasteiger partial charge in [-0.1, -0.05) is 13.3 Å². The van der Waals surface area contributed by atoms with Crippen LogP contribution in [0.15, 0.2) is 0 Å². The molecule has 0 spiro atoms. The van der Waals surface area contributed by atoms with Gasteiger partial charge in [0.2, 0.25) is 0 Å². The molecule has 0 bridgehead atoms. The Hall–Kier alpha value is -0.120. The average Bonchev–Trinajstić information content (AvgIpc) is 2.03. The van der Waals surface area contributed by atoms with E-state index < -0.39 is 0 Å². The van der Waals surface area contributed by atoms with Crippen molar-refractivity contribution in [2.45, 2.75) is 57.9 Å². The number of ether oxygens (including phenoxy) is 1. The second-order valence-electron chi connectivity index (χ2n) is 3.91. The summed E-state index contributed by atoms with van der Waals surface area (Å²) in [6, 6.07) is 0.371. The Morgan fingerprint density at radius 3 is 2.85 bits per heavy atom. The molecule has 1 heterocycles. The maximum absolute atomic E-state index is 9.49. The van der Waals surface area contributed by atoms with Crippen LogP contribution in [0.3, 0.4) is 0 Å². The van der Waals surface area contributed by atoms with Crippen LogP contribution in [0.2, 0.25) is 0 Å². The summed E-state index contributed by atoms with van der Waals surface area (Å²) < 4.78 is 5.59. The van der Waals surface area contributed by atoms with Gasteiger partial charge in [-0.05, 0) is 19.8 Å². The van der Waals surface area contributed by atoms with Gasteiger partial charge in [-0.3, -0.25) is 5.32 Å². The van der Waals surface area contributed by atoms with Crippen molar-refractivity contribution >= 4 is 0 Å². The summed E-state index contributed by atoms with van der Waals surface area (Å²) in [6.45, 7) is 5.03. The first-order valence-corrected chi connectivity index (χ1v) is 5.28. The minimum absolute atomic E-state index is 0.0605. The molecule has 0 aliphatic carbocycles. The molecule has 1 aliphatic rings. The molecule has 0 radical (unpaired) electrons. The molecule has 1 rings (SSSR count). The lowest BCUT2D eigenvalue weighted by atomic mass is 10.0. The summed E-state index contributed by atoms with van der Waals surface area (Å²) in [5.74, 6) is 0. The van der Waals surface area contributed by atoms with Gasteiger partial charge in [-0.2, -0.15) is 0 Å². The molecule has 2 N–H and O–H groups in total. The fourth-order valence-electron chi connectivity index (χ4n) is 1.69. The van der Waals surface area contributed by atoms with Gasteiger partial charge in [0, 0.05) is 19.1 Å². The smallest absolute Gasteiger partial charge is 0.110 e. The van der Waals surface area contributed by atoms with Crippen LogP contribution in [-0.4, -0.2) is 30.1 Å². The van der Waals surface area contributed by atoms with E-state index >= 15 is 0 Å². The van der Waals surface area contributed by atoms with Crippen LogP contribution in [0.5, 0.6) is 0 Å². The number of aliphatic hydroxyl groups excluding tert-OH is 1. The molecular weight excluding hydrogens is 166 g/mol. The number of unbranched alkanes of at least 4 members (excludes halogenated alkanes) is 1. The third-order valence-corrected chi connectivity index (χ3v) is 2.40. The molecule has 1 saturated heterocycles. The first-order valence-electron chi connectivity index (χ1n) is 5.28. The van der Waals surface area contributed by atoms with Crippen LogP contribution in [0.4, 0.5) is 0 Å². The van der Waals surface area contributed by atoms with Crippen LogP contribution in [0.25, 0.3) is 0 Å². The molecule has 1 aliphatic heterocycles. The number of rotatable bonds is 4. The normalized spacial score (nSPS) is 34.8. The van der Waals surface area contributed by atoms with Crippen molar-refractivity contribution in [2.24, 2.45) is 0 Å². The number of hydrogen-bond donors (Lipinski definition) is 2. The summed E-state index contributed by atoms with van der Waals surface area (Å²) in [7, 11) is 0. The summed E-state index contributed by atoms with van der Waals surface area (Å²) in [5, 5.41) is 12.8. The first kappa shape index (κ1) is 11.0. The Kier molecular flexibility index (Phi) is 4.70. The van der Waals surface area contributed by atoms with E-state index in [0.29, 0.717) is 6.04 Å². The average molecular weight is 187 g/mol. The van der Waals surface area contributed by atoms with E-state index in [1.54, 1.807) is 0 Å². The lowest BCUT2D eigenvalue weighted by Gasteiger charge is -2.32. The quantitative estimate of drug-likeness (QED) is 0.651. The predicted octanol–water partition coefficient (Wildman–Crippen LogP) is 1.26. The van der Waals surface area contributed by atoms with Crippen molar-refractivity contribution in [3.05, 3.63) is 0 Å². The lowest BCUT2D eigenvalue weighted by Crippen LogP contribution is -2.47. The highest BCUT2D eigenvalue weighted by Crippen LogP contribution is 2.14. The molecular formula is C10H21NO2. The zero-order valence-electron chi connectivity index (χ0n) is 8.62. The van der Waals surface area contributed by atoms with Crippen LogP contribution in [-0.2, 0) is 4.74 Å². The van der Waals surface area contributed by atoms with Gasteiger partial charge in [0.1, 0.15) is 6.23 Å². The lowest BCUT2D eigenvalue weighted by molar-refractivity contribution is -0.0400. The van der Waals surface area contributed by atoms with E-state index in [1.807, 2.05) is 0 Å². The second kappa shape index (κ2) is 5.58. The van der Waals surface area contributed by atoms with Gasteiger partial charge >= 0.3 is 0 Å². The van der Waals surface area contributed by atoms with Gasteiger partial charge < -0.3 is 9.84 Å². The van der Waals surface area contributed by atoms with Crippen molar-refractivity contribution in [3.63, 3.8) is 0 Å². The molecule has 3 heteroatoms. The van der Waals surface area contributed by atoms with Crippen molar-refractivity contribution in [1.82, 2.24) is 5.32 Å². The Morgan fingerprint density at radius 1 is 1.46 bits per heavy atom. The van der Waals surface area contributed by atoms with Crippen molar-refractivity contribution in [3.8, 4) is 0 Å². The van der Waals surface area contributed by atoms with Crippen LogP contribution in [0.1, 0.15) is 39.5 Å². The van der Waals surface area contributed by atoms with Crippen LogP contribution < -0.4 is 5.32 Å². The number of hydrogen-bond acceptors (Lipinski definition) is 3. The molecule has 0 aromatic rings. The highest BCUT2D eigenvalue weighted by Gasteiger charge is 2.24. The highest BCUT2D eigenvalue weighted by molar-refractivity contribution is 4.77. The zero-order chi connectivity index (χ0) is 9.68. The SMILES string of the molecule is CCCCOC1CC(O)CC(C)N1. The van der Waals surface area contributed by atoms with Gasteiger partial charge in [0.05, 0.1) is 6.10 Å². The standard InChI is InChI=1S/C10H21NO2/c1-3-4-5-13-10-7-9(12)6-8(2)11-10/h8-12H,3-7H2,1-2H3. The van der Waals surface area contributed by atoms with Crippen molar-refractivity contribution in [1.29, 1.82) is 0 Å². The number of nitrogens with one attached hydrogen (secondary N) is 1. The van der Waals surface area contributed by atoms with Crippen molar-refractivity contribution < 1.29 is 9.84 Å². The van der Waals surface area contributed by atoms with Gasteiger partial charge in [0.15, 0.2) is 0 Å².